The molecular weight excluding hydrogens is 246 g/mol. The van der Waals surface area contributed by atoms with Crippen LogP contribution in [0.25, 0.3) is 0 Å². The van der Waals surface area contributed by atoms with E-state index in [-0.39, 0.29) is 23.7 Å². The molecule has 1 saturated heterocycles. The molecule has 1 fully saturated rings. The maximum absolute atomic E-state index is 12.0. The lowest BCUT2D eigenvalue weighted by Gasteiger charge is -2.26. The van der Waals surface area contributed by atoms with Crippen LogP contribution >= 0.6 is 0 Å². The topological polar surface area (TPSA) is 64.6 Å². The highest BCUT2D eigenvalue weighted by Crippen LogP contribution is 2.13. The molecule has 0 aromatic heterocycles. The lowest BCUT2D eigenvalue weighted by molar-refractivity contribution is -0.125. The fourth-order valence-electron chi connectivity index (χ4n) is 2.03. The quantitative estimate of drug-likeness (QED) is 0.832. The van der Waals surface area contributed by atoms with Gasteiger partial charge in [0.2, 0.25) is 0 Å². The molecule has 1 heterocycles. The van der Waals surface area contributed by atoms with Crippen molar-refractivity contribution in [2.45, 2.75) is 52.7 Å². The van der Waals surface area contributed by atoms with E-state index in [1.807, 2.05) is 27.7 Å². The number of carbonyl (C=O) groups excluding carboxylic acids is 2. The first-order valence-electron chi connectivity index (χ1n) is 7.00. The average molecular weight is 271 g/mol. The van der Waals surface area contributed by atoms with Crippen LogP contribution in [0.15, 0.2) is 0 Å². The highest BCUT2D eigenvalue weighted by Gasteiger charge is 2.27. The van der Waals surface area contributed by atoms with Gasteiger partial charge in [0.15, 0.2) is 5.78 Å². The Bertz CT molecular complexity index is 309. The number of hydrogen-bond donors (Lipinski definition) is 1. The zero-order valence-electron chi connectivity index (χ0n) is 12.3. The number of rotatable bonds is 5. The van der Waals surface area contributed by atoms with Crippen molar-refractivity contribution < 1.29 is 19.1 Å². The molecule has 0 saturated carbocycles. The van der Waals surface area contributed by atoms with E-state index in [2.05, 4.69) is 5.32 Å². The third-order valence-corrected chi connectivity index (χ3v) is 3.26. The van der Waals surface area contributed by atoms with Crippen LogP contribution in [0.5, 0.6) is 0 Å². The molecule has 0 aliphatic carbocycles. The first-order chi connectivity index (χ1) is 8.91. The van der Waals surface area contributed by atoms with Crippen LogP contribution in [0.2, 0.25) is 0 Å². The lowest BCUT2D eigenvalue weighted by atomic mass is 9.93. The molecular formula is C14H25NO4. The van der Waals surface area contributed by atoms with E-state index in [4.69, 9.17) is 9.47 Å². The minimum absolute atomic E-state index is 0.0407. The highest BCUT2D eigenvalue weighted by atomic mass is 16.6. The van der Waals surface area contributed by atoms with Gasteiger partial charge in [-0.3, -0.25) is 4.79 Å². The van der Waals surface area contributed by atoms with E-state index in [1.54, 1.807) is 0 Å². The molecule has 0 unspecified atom stereocenters. The third kappa shape index (κ3) is 5.19. The fourth-order valence-corrected chi connectivity index (χ4v) is 2.03. The van der Waals surface area contributed by atoms with E-state index < -0.39 is 12.1 Å². The summed E-state index contributed by atoms with van der Waals surface area (Å²) in [6.45, 7) is 8.75. The fraction of sp³-hybridized carbons (Fsp3) is 0.857. The maximum Gasteiger partial charge on any atom is 0.408 e. The Morgan fingerprint density at radius 3 is 2.21 bits per heavy atom. The van der Waals surface area contributed by atoms with Gasteiger partial charge in [0.1, 0.15) is 6.10 Å². The van der Waals surface area contributed by atoms with Crippen LogP contribution in [0.4, 0.5) is 4.79 Å². The van der Waals surface area contributed by atoms with Crippen LogP contribution in [0.1, 0.15) is 40.5 Å². The monoisotopic (exact) mass is 271 g/mol. The summed E-state index contributed by atoms with van der Waals surface area (Å²) in [5, 5.41) is 2.69. The molecule has 1 atom stereocenters. The minimum atomic E-state index is -0.500. The number of carbonyl (C=O) groups is 2. The second kappa shape index (κ2) is 7.48. The predicted octanol–water partition coefficient (Wildman–Crippen LogP) is 2.14. The van der Waals surface area contributed by atoms with Gasteiger partial charge >= 0.3 is 6.09 Å². The molecule has 110 valence electrons. The number of nitrogens with one attached hydrogen (secondary N) is 1. The Hall–Kier alpha value is -1.10. The van der Waals surface area contributed by atoms with E-state index in [1.165, 1.54) is 0 Å². The molecule has 0 bridgehead atoms. The van der Waals surface area contributed by atoms with Crippen LogP contribution in [0, 0.1) is 11.8 Å². The minimum Gasteiger partial charge on any atom is -0.446 e. The Balaban J connectivity index is 2.49. The maximum atomic E-state index is 12.0. The van der Waals surface area contributed by atoms with Crippen molar-refractivity contribution in [2.75, 3.05) is 13.2 Å². The normalized spacial score (nSPS) is 18.4. The summed E-state index contributed by atoms with van der Waals surface area (Å²) in [5.41, 5.74) is 0. The smallest absolute Gasteiger partial charge is 0.408 e. The summed E-state index contributed by atoms with van der Waals surface area (Å²) < 4.78 is 10.5. The van der Waals surface area contributed by atoms with Crippen molar-refractivity contribution >= 4 is 11.9 Å². The number of Topliss-reactive ketones (excluding diaryl/α,β-unsaturated/α-hetero) is 1. The van der Waals surface area contributed by atoms with Gasteiger partial charge in [-0.2, -0.15) is 0 Å². The highest BCUT2D eigenvalue weighted by molar-refractivity contribution is 5.89. The van der Waals surface area contributed by atoms with Crippen LogP contribution in [-0.2, 0) is 14.3 Å². The van der Waals surface area contributed by atoms with Crippen molar-refractivity contribution in [1.29, 1.82) is 0 Å². The third-order valence-electron chi connectivity index (χ3n) is 3.26. The van der Waals surface area contributed by atoms with E-state index >= 15 is 0 Å². The molecule has 0 aromatic carbocycles. The van der Waals surface area contributed by atoms with E-state index in [0.29, 0.717) is 13.2 Å². The second-order valence-electron chi connectivity index (χ2n) is 5.64. The molecule has 0 spiro atoms. The number of amides is 1. The van der Waals surface area contributed by atoms with E-state index in [9.17, 15) is 9.59 Å². The lowest BCUT2D eigenvalue weighted by Crippen LogP contribution is -2.47. The van der Waals surface area contributed by atoms with Crippen molar-refractivity contribution in [3.63, 3.8) is 0 Å². The van der Waals surface area contributed by atoms with E-state index in [0.717, 1.165) is 12.8 Å². The number of ketones is 1. The summed E-state index contributed by atoms with van der Waals surface area (Å²) in [4.78, 5) is 23.8. The number of alkyl carbamates (subject to hydrolysis) is 1. The largest absolute Gasteiger partial charge is 0.446 e. The molecule has 1 N–H and O–H groups in total. The molecule has 1 amide bonds. The standard InChI is InChI=1S/C14H25NO4/c1-9(2)12(13(16)10(3)4)15-14(17)19-11-5-7-18-8-6-11/h9-12H,5-8H2,1-4H3,(H,15,17)/t12-/m1/s1. The van der Waals surface area contributed by atoms with Gasteiger partial charge in [0.25, 0.3) is 0 Å². The van der Waals surface area contributed by atoms with Crippen LogP contribution in [-0.4, -0.2) is 37.2 Å². The summed E-state index contributed by atoms with van der Waals surface area (Å²) in [7, 11) is 0. The average Bonchev–Trinajstić information content (AvgIpc) is 2.36. The van der Waals surface area contributed by atoms with Gasteiger partial charge in [-0.1, -0.05) is 27.7 Å². The summed E-state index contributed by atoms with van der Waals surface area (Å²) in [6, 6.07) is -0.479. The van der Waals surface area contributed by atoms with Gasteiger partial charge in [-0.15, -0.1) is 0 Å². The molecule has 1 aliphatic rings. The summed E-state index contributed by atoms with van der Waals surface area (Å²) in [5.74, 6) is -0.00755. The van der Waals surface area contributed by atoms with Crippen LogP contribution in [0.3, 0.4) is 0 Å². The number of hydrogen-bond acceptors (Lipinski definition) is 4. The zero-order chi connectivity index (χ0) is 14.4. The van der Waals surface area contributed by atoms with Crippen molar-refractivity contribution in [3.05, 3.63) is 0 Å². The summed E-state index contributed by atoms with van der Waals surface area (Å²) >= 11 is 0. The van der Waals surface area contributed by atoms with Gasteiger partial charge in [-0.25, -0.2) is 4.79 Å². The van der Waals surface area contributed by atoms with Crippen molar-refractivity contribution in [3.8, 4) is 0 Å². The Morgan fingerprint density at radius 2 is 1.74 bits per heavy atom. The number of ether oxygens (including phenoxy) is 2. The van der Waals surface area contributed by atoms with Gasteiger partial charge < -0.3 is 14.8 Å². The zero-order valence-corrected chi connectivity index (χ0v) is 12.3. The van der Waals surface area contributed by atoms with Crippen LogP contribution < -0.4 is 5.32 Å². The Kier molecular flexibility index (Phi) is 6.28. The molecule has 5 heteroatoms. The van der Waals surface area contributed by atoms with Crippen molar-refractivity contribution in [2.24, 2.45) is 11.8 Å². The van der Waals surface area contributed by atoms with Gasteiger partial charge in [-0.05, 0) is 5.92 Å². The Labute approximate surface area is 115 Å². The molecule has 0 aromatic rings. The molecule has 0 radical (unpaired) electrons. The summed E-state index contributed by atoms with van der Waals surface area (Å²) in [6.07, 6.45) is 0.839. The molecule has 1 rings (SSSR count). The Morgan fingerprint density at radius 1 is 1.16 bits per heavy atom. The predicted molar refractivity (Wildman–Crippen MR) is 71.9 cm³/mol. The molecule has 5 nitrogen and oxygen atoms in total. The SMILES string of the molecule is CC(C)C(=O)[C@H](NC(=O)OC1CCOCC1)C(C)C. The van der Waals surface area contributed by atoms with Gasteiger partial charge in [0, 0.05) is 18.8 Å². The first kappa shape index (κ1) is 16.0. The van der Waals surface area contributed by atoms with Crippen molar-refractivity contribution in [1.82, 2.24) is 5.32 Å². The molecule has 19 heavy (non-hydrogen) atoms. The molecule has 1 aliphatic heterocycles. The first-order valence-corrected chi connectivity index (χ1v) is 7.00. The van der Waals surface area contributed by atoms with Gasteiger partial charge in [0.05, 0.1) is 19.3 Å². The second-order valence-corrected chi connectivity index (χ2v) is 5.64.